The zero-order valence-corrected chi connectivity index (χ0v) is 14.2. The second kappa shape index (κ2) is 8.13. The number of hydrogen-bond donors (Lipinski definition) is 1. The topological polar surface area (TPSA) is 43.4 Å². The van der Waals surface area contributed by atoms with Gasteiger partial charge in [0.2, 0.25) is 0 Å². The molecule has 1 N–H and O–H groups in total. The van der Waals surface area contributed by atoms with Crippen LogP contribution in [0.4, 0.5) is 4.39 Å². The van der Waals surface area contributed by atoms with Gasteiger partial charge < -0.3 is 14.8 Å². The van der Waals surface area contributed by atoms with Crippen LogP contribution in [0.2, 0.25) is 5.02 Å². The van der Waals surface area contributed by atoms with Gasteiger partial charge in [0.1, 0.15) is 5.82 Å². The van der Waals surface area contributed by atoms with Crippen LogP contribution in [0.25, 0.3) is 0 Å². The highest BCUT2D eigenvalue weighted by Crippen LogP contribution is 2.36. The second-order valence-electron chi connectivity index (χ2n) is 5.08. The predicted molar refractivity (Wildman–Crippen MR) is 88.6 cm³/mol. The Hall–Kier alpha value is -1.85. The molecule has 2 rings (SSSR count). The summed E-state index contributed by atoms with van der Waals surface area (Å²) < 4.78 is 24.0. The monoisotopic (exact) mass is 338 g/mol. The van der Waals surface area contributed by atoms with E-state index in [0.717, 1.165) is 11.1 Å². The molecular weight excluding hydrogens is 319 g/mol. The minimum Gasteiger partial charge on any atom is -0.493 e. The lowest BCUT2D eigenvalue weighted by atomic mass is 10.1. The number of ether oxygens (including phenoxy) is 2. The molecule has 0 saturated carbocycles. The van der Waals surface area contributed by atoms with Crippen molar-refractivity contribution in [2.45, 2.75) is 26.4 Å². The Morgan fingerprint density at radius 2 is 2.09 bits per heavy atom. The zero-order valence-electron chi connectivity index (χ0n) is 13.4. The van der Waals surface area contributed by atoms with E-state index in [1.54, 1.807) is 13.3 Å². The van der Waals surface area contributed by atoms with Crippen molar-refractivity contribution >= 4 is 11.6 Å². The molecule has 124 valence electrons. The summed E-state index contributed by atoms with van der Waals surface area (Å²) in [6, 6.07) is 5.13. The molecule has 0 aliphatic heterocycles. The summed E-state index contributed by atoms with van der Waals surface area (Å²) in [4.78, 5) is 3.86. The van der Waals surface area contributed by atoms with E-state index < -0.39 is 0 Å². The van der Waals surface area contributed by atoms with E-state index in [4.69, 9.17) is 21.1 Å². The fourth-order valence-electron chi connectivity index (χ4n) is 2.21. The van der Waals surface area contributed by atoms with Gasteiger partial charge in [0.15, 0.2) is 11.5 Å². The highest BCUT2D eigenvalue weighted by molar-refractivity contribution is 6.32. The lowest BCUT2D eigenvalue weighted by Gasteiger charge is -2.16. The van der Waals surface area contributed by atoms with Crippen LogP contribution < -0.4 is 14.8 Å². The summed E-state index contributed by atoms with van der Waals surface area (Å²) in [5, 5.41) is 3.81. The van der Waals surface area contributed by atoms with Gasteiger partial charge in [-0.1, -0.05) is 11.6 Å². The first-order chi connectivity index (χ1) is 11.0. The van der Waals surface area contributed by atoms with E-state index in [-0.39, 0.29) is 11.9 Å². The van der Waals surface area contributed by atoms with Crippen molar-refractivity contribution < 1.29 is 13.9 Å². The number of rotatable bonds is 7. The Morgan fingerprint density at radius 3 is 2.74 bits per heavy atom. The standard InChI is InChI=1S/C17H20ClFN2O2/c1-4-23-17-15(18)5-12(6-16(17)22-3)8-21-11(2)13-7-14(19)10-20-9-13/h5-7,9-11,21H,4,8H2,1-3H3/t11-/m0/s1. The van der Waals surface area contributed by atoms with Crippen molar-refractivity contribution in [2.75, 3.05) is 13.7 Å². The number of pyridine rings is 1. The van der Waals surface area contributed by atoms with Gasteiger partial charge >= 0.3 is 0 Å². The summed E-state index contributed by atoms with van der Waals surface area (Å²) in [5.41, 5.74) is 1.74. The van der Waals surface area contributed by atoms with Crippen molar-refractivity contribution in [3.63, 3.8) is 0 Å². The molecule has 1 heterocycles. The molecule has 4 nitrogen and oxygen atoms in total. The molecular formula is C17H20ClFN2O2. The van der Waals surface area contributed by atoms with Crippen LogP contribution in [0.1, 0.15) is 31.0 Å². The van der Waals surface area contributed by atoms with Gasteiger partial charge in [-0.05, 0) is 43.2 Å². The lowest BCUT2D eigenvalue weighted by molar-refractivity contribution is 0.311. The van der Waals surface area contributed by atoms with E-state index in [1.165, 1.54) is 12.3 Å². The molecule has 0 saturated heterocycles. The first-order valence-corrected chi connectivity index (χ1v) is 7.76. The molecule has 0 bridgehead atoms. The van der Waals surface area contributed by atoms with Crippen LogP contribution in [0, 0.1) is 5.82 Å². The Bertz CT molecular complexity index is 667. The molecule has 0 fully saturated rings. The molecule has 1 aromatic carbocycles. The van der Waals surface area contributed by atoms with Gasteiger partial charge in [-0.15, -0.1) is 0 Å². The maximum atomic E-state index is 13.2. The molecule has 0 amide bonds. The predicted octanol–water partition coefficient (Wildman–Crippen LogP) is 4.13. The molecule has 0 spiro atoms. The Balaban J connectivity index is 2.10. The summed E-state index contributed by atoms with van der Waals surface area (Å²) >= 11 is 6.25. The van der Waals surface area contributed by atoms with E-state index >= 15 is 0 Å². The van der Waals surface area contributed by atoms with E-state index in [9.17, 15) is 4.39 Å². The minimum absolute atomic E-state index is 0.0467. The van der Waals surface area contributed by atoms with Gasteiger partial charge in [0.05, 0.1) is 24.9 Å². The van der Waals surface area contributed by atoms with E-state index in [2.05, 4.69) is 10.3 Å². The number of nitrogens with one attached hydrogen (secondary N) is 1. The number of nitrogens with zero attached hydrogens (tertiary/aromatic N) is 1. The first kappa shape index (κ1) is 17.5. The number of methoxy groups -OCH3 is 1. The Labute approximate surface area is 140 Å². The molecule has 6 heteroatoms. The van der Waals surface area contributed by atoms with Gasteiger partial charge in [-0.25, -0.2) is 4.39 Å². The molecule has 23 heavy (non-hydrogen) atoms. The van der Waals surface area contributed by atoms with Crippen molar-refractivity contribution in [2.24, 2.45) is 0 Å². The highest BCUT2D eigenvalue weighted by Gasteiger charge is 2.13. The second-order valence-corrected chi connectivity index (χ2v) is 5.49. The fraction of sp³-hybridized carbons (Fsp3) is 0.353. The van der Waals surface area contributed by atoms with Gasteiger partial charge in [0.25, 0.3) is 0 Å². The van der Waals surface area contributed by atoms with Crippen LogP contribution in [0.3, 0.4) is 0 Å². The summed E-state index contributed by atoms with van der Waals surface area (Å²) in [6.45, 7) is 4.90. The number of aromatic nitrogens is 1. The molecule has 0 aliphatic carbocycles. The van der Waals surface area contributed by atoms with Crippen molar-refractivity contribution in [3.05, 3.63) is 52.6 Å². The van der Waals surface area contributed by atoms with Crippen LogP contribution in [-0.2, 0) is 6.54 Å². The van der Waals surface area contributed by atoms with E-state index in [1.807, 2.05) is 26.0 Å². The van der Waals surface area contributed by atoms with Crippen LogP contribution in [-0.4, -0.2) is 18.7 Å². The maximum absolute atomic E-state index is 13.2. The van der Waals surface area contributed by atoms with Crippen molar-refractivity contribution in [3.8, 4) is 11.5 Å². The average molecular weight is 339 g/mol. The minimum atomic E-state index is -0.345. The third-order valence-corrected chi connectivity index (χ3v) is 3.70. The van der Waals surface area contributed by atoms with E-state index in [0.29, 0.717) is 29.7 Å². The molecule has 0 unspecified atom stereocenters. The number of halogens is 2. The molecule has 1 atom stereocenters. The Kier molecular flexibility index (Phi) is 6.19. The first-order valence-electron chi connectivity index (χ1n) is 7.38. The zero-order chi connectivity index (χ0) is 16.8. The third kappa shape index (κ3) is 4.56. The van der Waals surface area contributed by atoms with Crippen molar-refractivity contribution in [1.82, 2.24) is 10.3 Å². The van der Waals surface area contributed by atoms with Crippen LogP contribution in [0.5, 0.6) is 11.5 Å². The SMILES string of the molecule is CCOc1c(Cl)cc(CN[C@@H](C)c2cncc(F)c2)cc1OC. The average Bonchev–Trinajstić information content (AvgIpc) is 2.54. The summed E-state index contributed by atoms with van der Waals surface area (Å²) in [5.74, 6) is 0.793. The largest absolute Gasteiger partial charge is 0.493 e. The van der Waals surface area contributed by atoms with Crippen LogP contribution >= 0.6 is 11.6 Å². The van der Waals surface area contributed by atoms with Gasteiger partial charge in [-0.3, -0.25) is 4.98 Å². The number of benzene rings is 1. The van der Waals surface area contributed by atoms with Crippen LogP contribution in [0.15, 0.2) is 30.6 Å². The Morgan fingerprint density at radius 1 is 1.30 bits per heavy atom. The highest BCUT2D eigenvalue weighted by atomic mass is 35.5. The fourth-order valence-corrected chi connectivity index (χ4v) is 2.50. The number of hydrogen-bond acceptors (Lipinski definition) is 4. The summed E-state index contributed by atoms with van der Waals surface area (Å²) in [6.07, 6.45) is 2.83. The molecule has 1 aromatic heterocycles. The third-order valence-electron chi connectivity index (χ3n) is 3.42. The van der Waals surface area contributed by atoms with Gasteiger partial charge in [-0.2, -0.15) is 0 Å². The molecule has 0 radical (unpaired) electrons. The smallest absolute Gasteiger partial charge is 0.179 e. The molecule has 0 aliphatic rings. The van der Waals surface area contributed by atoms with Gasteiger partial charge in [0, 0.05) is 18.8 Å². The normalized spacial score (nSPS) is 12.0. The summed E-state index contributed by atoms with van der Waals surface area (Å²) in [7, 11) is 1.58. The van der Waals surface area contributed by atoms with Crippen molar-refractivity contribution in [1.29, 1.82) is 0 Å². The quantitative estimate of drug-likeness (QED) is 0.824. The molecule has 2 aromatic rings. The maximum Gasteiger partial charge on any atom is 0.179 e. The lowest BCUT2D eigenvalue weighted by Crippen LogP contribution is -2.18.